The van der Waals surface area contributed by atoms with E-state index in [9.17, 15) is 9.59 Å². The van der Waals surface area contributed by atoms with E-state index in [0.29, 0.717) is 23.0 Å². The van der Waals surface area contributed by atoms with E-state index in [1.54, 1.807) is 11.8 Å². The predicted molar refractivity (Wildman–Crippen MR) is 107 cm³/mol. The summed E-state index contributed by atoms with van der Waals surface area (Å²) in [6, 6.07) is 7.14. The summed E-state index contributed by atoms with van der Waals surface area (Å²) < 4.78 is 6.42. The van der Waals surface area contributed by atoms with Crippen molar-refractivity contribution in [2.45, 2.75) is 39.0 Å². The van der Waals surface area contributed by atoms with Crippen LogP contribution < -0.4 is 0 Å². The Kier molecular flexibility index (Phi) is 5.58. The van der Waals surface area contributed by atoms with Crippen LogP contribution in [-0.4, -0.2) is 33.8 Å². The van der Waals surface area contributed by atoms with Crippen LogP contribution >= 0.6 is 27.7 Å². The Hall–Kier alpha value is -1.60. The molecule has 2 heterocycles. The van der Waals surface area contributed by atoms with Crippen molar-refractivity contribution in [2.24, 2.45) is 10.9 Å². The van der Waals surface area contributed by atoms with E-state index in [2.05, 4.69) is 20.9 Å². The fourth-order valence-corrected chi connectivity index (χ4v) is 4.24. The van der Waals surface area contributed by atoms with E-state index in [1.165, 1.54) is 11.8 Å². The number of amides is 1. The molecule has 0 N–H and O–H groups in total. The van der Waals surface area contributed by atoms with E-state index in [-0.39, 0.29) is 17.1 Å². The number of hydrogen-bond donors (Lipinski definition) is 0. The number of esters is 1. The second-order valence-corrected chi connectivity index (χ2v) is 9.03. The molecule has 2 aliphatic rings. The number of allylic oxidation sites excluding steroid dienone is 1. The zero-order valence-corrected chi connectivity index (χ0v) is 17.6. The smallest absolute Gasteiger partial charge is 0.338 e. The molecule has 3 rings (SSSR count). The van der Waals surface area contributed by atoms with Crippen LogP contribution in [0.2, 0.25) is 0 Å². The summed E-state index contributed by atoms with van der Waals surface area (Å²) in [7, 11) is 0. The van der Waals surface area contributed by atoms with Crippen LogP contribution in [-0.2, 0) is 14.3 Å². The lowest BCUT2D eigenvalue weighted by atomic mass is 9.94. The van der Waals surface area contributed by atoms with Crippen LogP contribution in [0.15, 0.2) is 45.0 Å². The van der Waals surface area contributed by atoms with Crippen molar-refractivity contribution in [3.63, 3.8) is 0 Å². The average molecular weight is 437 g/mol. The van der Waals surface area contributed by atoms with E-state index >= 15 is 0 Å². The van der Waals surface area contributed by atoms with Crippen LogP contribution in [0.5, 0.6) is 0 Å². The molecule has 0 unspecified atom stereocenters. The van der Waals surface area contributed by atoms with Crippen LogP contribution in [0.3, 0.4) is 0 Å². The number of thioether (sulfide) groups is 1. The molecular formula is C19H21BrN2O3S. The van der Waals surface area contributed by atoms with Crippen molar-refractivity contribution in [3.8, 4) is 0 Å². The largest absolute Gasteiger partial charge is 0.462 e. The molecule has 1 amide bonds. The summed E-state index contributed by atoms with van der Waals surface area (Å²) in [5.74, 6) is -0.217. The first kappa shape index (κ1) is 19.2. The molecular weight excluding hydrogens is 416 g/mol. The topological polar surface area (TPSA) is 59.0 Å². The van der Waals surface area contributed by atoms with Gasteiger partial charge in [-0.1, -0.05) is 53.7 Å². The standard InChI is InChI=1S/C19H21BrN2O3S/c1-10(2)9-25-18(24)15-11(3)21-19-22(17(23)12(4)26-19)16(15)13-5-7-14(20)8-6-13/h5-8,10,12,16H,9H2,1-4H3/t12-,16+/m0/s1. The van der Waals surface area contributed by atoms with Gasteiger partial charge in [0.25, 0.3) is 0 Å². The molecule has 2 aliphatic heterocycles. The zero-order valence-electron chi connectivity index (χ0n) is 15.2. The van der Waals surface area contributed by atoms with Gasteiger partial charge in [0.15, 0.2) is 5.17 Å². The minimum absolute atomic E-state index is 0.0386. The summed E-state index contributed by atoms with van der Waals surface area (Å²) in [5, 5.41) is 0.430. The minimum Gasteiger partial charge on any atom is -0.462 e. The Labute approximate surface area is 166 Å². The number of rotatable bonds is 4. The normalized spacial score (nSPS) is 22.6. The van der Waals surface area contributed by atoms with Crippen LogP contribution in [0.4, 0.5) is 0 Å². The van der Waals surface area contributed by atoms with Crippen molar-refractivity contribution in [1.29, 1.82) is 0 Å². The van der Waals surface area contributed by atoms with Crippen molar-refractivity contribution in [3.05, 3.63) is 45.6 Å². The monoisotopic (exact) mass is 436 g/mol. The highest BCUT2D eigenvalue weighted by atomic mass is 79.9. The van der Waals surface area contributed by atoms with Crippen molar-refractivity contribution >= 4 is 44.7 Å². The Morgan fingerprint density at radius 2 is 2.00 bits per heavy atom. The lowest BCUT2D eigenvalue weighted by Crippen LogP contribution is -2.40. The number of hydrogen-bond acceptors (Lipinski definition) is 5. The third-order valence-corrected chi connectivity index (χ3v) is 5.79. The number of fused-ring (bicyclic) bond motifs is 1. The van der Waals surface area contributed by atoms with Gasteiger partial charge < -0.3 is 4.74 Å². The number of halogens is 1. The predicted octanol–water partition coefficient (Wildman–Crippen LogP) is 4.30. The quantitative estimate of drug-likeness (QED) is 0.660. The number of ether oxygens (including phenoxy) is 1. The summed E-state index contributed by atoms with van der Waals surface area (Å²) >= 11 is 4.86. The van der Waals surface area contributed by atoms with Gasteiger partial charge in [-0.2, -0.15) is 0 Å². The molecule has 1 saturated heterocycles. The molecule has 0 radical (unpaired) electrons. The Bertz CT molecular complexity index is 802. The molecule has 0 aliphatic carbocycles. The lowest BCUT2D eigenvalue weighted by Gasteiger charge is -2.33. The molecule has 0 saturated carbocycles. The Balaban J connectivity index is 2.06. The minimum atomic E-state index is -0.514. The van der Waals surface area contributed by atoms with Crippen molar-refractivity contribution in [1.82, 2.24) is 4.90 Å². The average Bonchev–Trinajstić information content (AvgIpc) is 2.86. The number of nitrogens with zero attached hydrogens (tertiary/aromatic N) is 2. The van der Waals surface area contributed by atoms with Gasteiger partial charge in [-0.3, -0.25) is 9.69 Å². The molecule has 0 bridgehead atoms. The number of benzene rings is 1. The second kappa shape index (κ2) is 7.56. The maximum absolute atomic E-state index is 12.8. The molecule has 1 fully saturated rings. The highest BCUT2D eigenvalue weighted by Gasteiger charge is 2.46. The molecule has 26 heavy (non-hydrogen) atoms. The highest BCUT2D eigenvalue weighted by molar-refractivity contribution is 9.10. The van der Waals surface area contributed by atoms with Gasteiger partial charge in [0.1, 0.15) is 0 Å². The number of aliphatic imine (C=N–C) groups is 1. The number of amidine groups is 1. The van der Waals surface area contributed by atoms with Gasteiger partial charge in [0, 0.05) is 4.47 Å². The maximum Gasteiger partial charge on any atom is 0.338 e. The fourth-order valence-electron chi connectivity index (χ4n) is 2.94. The highest BCUT2D eigenvalue weighted by Crippen LogP contribution is 2.43. The molecule has 2 atom stereocenters. The summed E-state index contributed by atoms with van der Waals surface area (Å²) in [6.07, 6.45) is 0. The van der Waals surface area contributed by atoms with E-state index in [1.807, 2.05) is 45.0 Å². The van der Waals surface area contributed by atoms with Crippen LogP contribution in [0, 0.1) is 5.92 Å². The van der Waals surface area contributed by atoms with Gasteiger partial charge in [0.2, 0.25) is 5.91 Å². The Morgan fingerprint density at radius 3 is 2.62 bits per heavy atom. The fraction of sp³-hybridized carbons (Fsp3) is 0.421. The van der Waals surface area contributed by atoms with Gasteiger partial charge >= 0.3 is 5.97 Å². The third-order valence-electron chi connectivity index (χ3n) is 4.21. The van der Waals surface area contributed by atoms with Crippen LogP contribution in [0.25, 0.3) is 0 Å². The van der Waals surface area contributed by atoms with Gasteiger partial charge in [-0.15, -0.1) is 0 Å². The van der Waals surface area contributed by atoms with Crippen molar-refractivity contribution in [2.75, 3.05) is 6.61 Å². The number of carbonyl (C=O) groups excluding carboxylic acids is 2. The Morgan fingerprint density at radius 1 is 1.35 bits per heavy atom. The summed E-state index contributed by atoms with van der Waals surface area (Å²) in [5.41, 5.74) is 1.89. The van der Waals surface area contributed by atoms with Gasteiger partial charge in [-0.25, -0.2) is 9.79 Å². The molecule has 0 aromatic heterocycles. The second-order valence-electron chi connectivity index (χ2n) is 6.81. The van der Waals surface area contributed by atoms with Gasteiger partial charge in [-0.05, 0) is 37.5 Å². The van der Waals surface area contributed by atoms with E-state index in [4.69, 9.17) is 4.74 Å². The van der Waals surface area contributed by atoms with E-state index in [0.717, 1.165) is 10.0 Å². The van der Waals surface area contributed by atoms with E-state index < -0.39 is 12.0 Å². The lowest BCUT2D eigenvalue weighted by molar-refractivity contribution is -0.141. The molecule has 1 aromatic rings. The zero-order chi connectivity index (χ0) is 19.0. The maximum atomic E-state index is 12.8. The van der Waals surface area contributed by atoms with Gasteiger partial charge in [0.05, 0.1) is 29.2 Å². The first-order valence-electron chi connectivity index (χ1n) is 8.51. The van der Waals surface area contributed by atoms with Crippen molar-refractivity contribution < 1.29 is 14.3 Å². The third kappa shape index (κ3) is 3.60. The first-order valence-corrected chi connectivity index (χ1v) is 10.2. The first-order chi connectivity index (χ1) is 12.3. The molecule has 138 valence electrons. The summed E-state index contributed by atoms with van der Waals surface area (Å²) in [4.78, 5) is 31.8. The molecule has 0 spiro atoms. The summed E-state index contributed by atoms with van der Waals surface area (Å²) in [6.45, 7) is 7.97. The number of carbonyl (C=O) groups is 2. The van der Waals surface area contributed by atoms with Crippen LogP contribution in [0.1, 0.15) is 39.3 Å². The molecule has 1 aromatic carbocycles. The SMILES string of the molecule is CC1=C(C(=O)OCC(C)C)[C@@H](c2ccc(Br)cc2)N2C(=O)[C@H](C)SC2=N1. The molecule has 5 nitrogen and oxygen atoms in total. The molecule has 7 heteroatoms.